The van der Waals surface area contributed by atoms with Crippen LogP contribution in [0.4, 0.5) is 5.82 Å². The van der Waals surface area contributed by atoms with Crippen LogP contribution in [0, 0.1) is 0 Å². The van der Waals surface area contributed by atoms with E-state index in [2.05, 4.69) is 5.10 Å². The first-order valence-corrected chi connectivity index (χ1v) is 5.11. The highest BCUT2D eigenvalue weighted by Crippen LogP contribution is 2.19. The van der Waals surface area contributed by atoms with Crippen molar-refractivity contribution in [3.8, 4) is 0 Å². The molecule has 0 amide bonds. The first kappa shape index (κ1) is 11.6. The number of aromatic nitrogens is 2. The second-order valence-corrected chi connectivity index (χ2v) is 3.37. The average molecular weight is 211 g/mol. The Morgan fingerprint density at radius 1 is 1.67 bits per heavy atom. The van der Waals surface area contributed by atoms with Gasteiger partial charge in [-0.3, -0.25) is 0 Å². The largest absolute Gasteiger partial charge is 0.462 e. The van der Waals surface area contributed by atoms with Gasteiger partial charge < -0.3 is 10.5 Å². The van der Waals surface area contributed by atoms with Crippen molar-refractivity contribution in [3.63, 3.8) is 0 Å². The van der Waals surface area contributed by atoms with Crippen LogP contribution in [-0.2, 0) is 4.74 Å². The highest BCUT2D eigenvalue weighted by molar-refractivity contribution is 5.93. The maximum atomic E-state index is 11.4. The van der Waals surface area contributed by atoms with Crippen LogP contribution in [0.3, 0.4) is 0 Å². The van der Waals surface area contributed by atoms with Crippen molar-refractivity contribution in [2.45, 2.75) is 33.2 Å². The fourth-order valence-corrected chi connectivity index (χ4v) is 1.26. The quantitative estimate of drug-likeness (QED) is 0.768. The van der Waals surface area contributed by atoms with Gasteiger partial charge in [0.25, 0.3) is 0 Å². The third kappa shape index (κ3) is 2.29. The van der Waals surface area contributed by atoms with Gasteiger partial charge in [0.15, 0.2) is 0 Å². The highest BCUT2D eigenvalue weighted by atomic mass is 16.5. The summed E-state index contributed by atoms with van der Waals surface area (Å²) in [5.74, 6) is -0.0349. The molecule has 0 aliphatic heterocycles. The van der Waals surface area contributed by atoms with Gasteiger partial charge >= 0.3 is 5.97 Å². The molecule has 15 heavy (non-hydrogen) atoms. The van der Waals surface area contributed by atoms with Crippen molar-refractivity contribution in [2.75, 3.05) is 12.3 Å². The number of ether oxygens (including phenoxy) is 1. The molecule has 84 valence electrons. The van der Waals surface area contributed by atoms with Crippen molar-refractivity contribution in [1.29, 1.82) is 0 Å². The fraction of sp³-hybridized carbons (Fsp3) is 0.600. The Bertz CT molecular complexity index is 346. The van der Waals surface area contributed by atoms with Gasteiger partial charge in [0.05, 0.1) is 18.8 Å². The van der Waals surface area contributed by atoms with Crippen LogP contribution in [0.5, 0.6) is 0 Å². The molecule has 0 aliphatic carbocycles. The van der Waals surface area contributed by atoms with Crippen molar-refractivity contribution in [2.24, 2.45) is 0 Å². The molecule has 5 nitrogen and oxygen atoms in total. The predicted octanol–water partition coefficient (Wildman–Crippen LogP) is 1.61. The number of nitrogens with zero attached hydrogens (tertiary/aromatic N) is 2. The smallest absolute Gasteiger partial charge is 0.343 e. The van der Waals surface area contributed by atoms with Crippen molar-refractivity contribution >= 4 is 11.8 Å². The summed E-state index contributed by atoms with van der Waals surface area (Å²) in [6, 6.07) is 0.188. The molecule has 0 saturated carbocycles. The summed E-state index contributed by atoms with van der Waals surface area (Å²) in [4.78, 5) is 11.4. The molecule has 1 heterocycles. The van der Waals surface area contributed by atoms with E-state index >= 15 is 0 Å². The van der Waals surface area contributed by atoms with Gasteiger partial charge in [-0.25, -0.2) is 9.48 Å². The zero-order valence-corrected chi connectivity index (χ0v) is 9.36. The van der Waals surface area contributed by atoms with Gasteiger partial charge in [-0.15, -0.1) is 0 Å². The Kier molecular flexibility index (Phi) is 3.71. The third-order valence-electron chi connectivity index (χ3n) is 2.34. The van der Waals surface area contributed by atoms with Crippen molar-refractivity contribution in [1.82, 2.24) is 9.78 Å². The number of rotatable bonds is 4. The molecule has 1 atom stereocenters. The van der Waals surface area contributed by atoms with E-state index in [1.165, 1.54) is 6.20 Å². The predicted molar refractivity (Wildman–Crippen MR) is 57.6 cm³/mol. The zero-order valence-electron chi connectivity index (χ0n) is 9.36. The number of hydrogen-bond acceptors (Lipinski definition) is 4. The number of nitrogen functional groups attached to an aromatic ring is 1. The lowest BCUT2D eigenvalue weighted by Gasteiger charge is -2.11. The van der Waals surface area contributed by atoms with Gasteiger partial charge in [-0.05, 0) is 20.3 Å². The zero-order chi connectivity index (χ0) is 11.4. The topological polar surface area (TPSA) is 70.1 Å². The highest BCUT2D eigenvalue weighted by Gasteiger charge is 2.17. The van der Waals surface area contributed by atoms with Gasteiger partial charge in [-0.1, -0.05) is 6.92 Å². The molecule has 1 aromatic rings. The van der Waals surface area contributed by atoms with Gasteiger partial charge in [0, 0.05) is 0 Å². The minimum absolute atomic E-state index is 0.188. The Balaban J connectivity index is 2.93. The van der Waals surface area contributed by atoms with Crippen LogP contribution >= 0.6 is 0 Å². The summed E-state index contributed by atoms with van der Waals surface area (Å²) >= 11 is 0. The molecular weight excluding hydrogens is 194 g/mol. The van der Waals surface area contributed by atoms with Crippen LogP contribution in [0.1, 0.15) is 43.6 Å². The summed E-state index contributed by atoms with van der Waals surface area (Å²) < 4.78 is 6.51. The number of carbonyl (C=O) groups excluding carboxylic acids is 1. The second kappa shape index (κ2) is 4.82. The number of esters is 1. The van der Waals surface area contributed by atoms with E-state index in [1.54, 1.807) is 11.6 Å². The standard InChI is InChI=1S/C10H17N3O2/c1-4-7(3)13-9(11)8(6-12-13)10(14)15-5-2/h6-7H,4-5,11H2,1-3H3. The SMILES string of the molecule is CCOC(=O)c1cnn(C(C)CC)c1N. The van der Waals surface area contributed by atoms with Gasteiger partial charge in [0.2, 0.25) is 0 Å². The van der Waals surface area contributed by atoms with Crippen LogP contribution in [-0.4, -0.2) is 22.4 Å². The minimum atomic E-state index is -0.412. The molecule has 0 aliphatic rings. The monoisotopic (exact) mass is 211 g/mol. The van der Waals surface area contributed by atoms with E-state index in [4.69, 9.17) is 10.5 Å². The summed E-state index contributed by atoms with van der Waals surface area (Å²) in [5, 5.41) is 4.08. The Hall–Kier alpha value is -1.52. The fourth-order valence-electron chi connectivity index (χ4n) is 1.26. The molecular formula is C10H17N3O2. The number of carbonyl (C=O) groups is 1. The summed E-state index contributed by atoms with van der Waals surface area (Å²) in [7, 11) is 0. The third-order valence-corrected chi connectivity index (χ3v) is 2.34. The molecule has 0 fully saturated rings. The van der Waals surface area contributed by atoms with Crippen LogP contribution in [0.15, 0.2) is 6.20 Å². The summed E-state index contributed by atoms with van der Waals surface area (Å²) in [6.07, 6.45) is 2.37. The van der Waals surface area contributed by atoms with E-state index in [9.17, 15) is 4.79 Å². The molecule has 1 unspecified atom stereocenters. The van der Waals surface area contributed by atoms with E-state index in [0.717, 1.165) is 6.42 Å². The number of anilines is 1. The summed E-state index contributed by atoms with van der Waals surface area (Å²) in [5.41, 5.74) is 6.16. The molecule has 0 aromatic carbocycles. The van der Waals surface area contributed by atoms with E-state index in [-0.39, 0.29) is 6.04 Å². The molecule has 5 heteroatoms. The second-order valence-electron chi connectivity index (χ2n) is 3.37. The number of nitrogens with two attached hydrogens (primary N) is 1. The molecule has 0 radical (unpaired) electrons. The van der Waals surface area contributed by atoms with E-state index < -0.39 is 5.97 Å². The minimum Gasteiger partial charge on any atom is -0.462 e. The average Bonchev–Trinajstić information content (AvgIpc) is 2.59. The summed E-state index contributed by atoms with van der Waals surface area (Å²) in [6.45, 7) is 6.13. The Morgan fingerprint density at radius 3 is 2.87 bits per heavy atom. The van der Waals surface area contributed by atoms with Crippen LogP contribution in [0.2, 0.25) is 0 Å². The molecule has 1 rings (SSSR count). The van der Waals surface area contributed by atoms with Crippen LogP contribution < -0.4 is 5.73 Å². The van der Waals surface area contributed by atoms with Crippen molar-refractivity contribution < 1.29 is 9.53 Å². The maximum Gasteiger partial charge on any atom is 0.343 e. The van der Waals surface area contributed by atoms with Crippen molar-refractivity contribution in [3.05, 3.63) is 11.8 Å². The Morgan fingerprint density at radius 2 is 2.33 bits per heavy atom. The first-order valence-electron chi connectivity index (χ1n) is 5.11. The molecule has 0 bridgehead atoms. The molecule has 0 saturated heterocycles. The van der Waals surface area contributed by atoms with Gasteiger partial charge in [0.1, 0.15) is 11.4 Å². The Labute approximate surface area is 89.2 Å². The maximum absolute atomic E-state index is 11.4. The molecule has 2 N–H and O–H groups in total. The lowest BCUT2D eigenvalue weighted by Crippen LogP contribution is -2.12. The first-order chi connectivity index (χ1) is 7.11. The lowest BCUT2D eigenvalue weighted by atomic mass is 10.2. The molecule has 1 aromatic heterocycles. The van der Waals surface area contributed by atoms with Gasteiger partial charge in [-0.2, -0.15) is 5.10 Å². The number of hydrogen-bond donors (Lipinski definition) is 1. The normalized spacial score (nSPS) is 12.5. The van der Waals surface area contributed by atoms with E-state index in [1.807, 2.05) is 13.8 Å². The van der Waals surface area contributed by atoms with E-state index in [0.29, 0.717) is 18.0 Å². The lowest BCUT2D eigenvalue weighted by molar-refractivity contribution is 0.0527. The molecule has 0 spiro atoms. The van der Waals surface area contributed by atoms with Crippen LogP contribution in [0.25, 0.3) is 0 Å².